The molecular formula is C18H28N2OS. The van der Waals surface area contributed by atoms with Crippen molar-refractivity contribution in [1.29, 1.82) is 0 Å². The zero-order chi connectivity index (χ0) is 15.6. The molecule has 3 rings (SSSR count). The van der Waals surface area contributed by atoms with E-state index in [4.69, 9.17) is 5.73 Å². The average Bonchev–Trinajstić information content (AvgIpc) is 3.10. The van der Waals surface area contributed by atoms with Gasteiger partial charge >= 0.3 is 0 Å². The van der Waals surface area contributed by atoms with E-state index in [-0.39, 0.29) is 11.5 Å². The van der Waals surface area contributed by atoms with Crippen molar-refractivity contribution in [2.75, 3.05) is 13.1 Å². The van der Waals surface area contributed by atoms with Crippen LogP contribution >= 0.6 is 11.3 Å². The third kappa shape index (κ3) is 2.95. The van der Waals surface area contributed by atoms with Gasteiger partial charge in [-0.3, -0.25) is 4.79 Å². The summed E-state index contributed by atoms with van der Waals surface area (Å²) < 4.78 is 0. The van der Waals surface area contributed by atoms with E-state index in [1.165, 1.54) is 24.1 Å². The van der Waals surface area contributed by atoms with Crippen LogP contribution in [0, 0.1) is 5.92 Å². The van der Waals surface area contributed by atoms with Crippen molar-refractivity contribution >= 4 is 17.2 Å². The fraction of sp³-hybridized carbons (Fsp3) is 0.722. The Hall–Kier alpha value is -0.870. The Morgan fingerprint density at radius 1 is 1.36 bits per heavy atom. The molecule has 1 saturated heterocycles. The highest BCUT2D eigenvalue weighted by atomic mass is 32.1. The number of amides is 1. The molecule has 0 spiro atoms. The van der Waals surface area contributed by atoms with Crippen molar-refractivity contribution < 1.29 is 4.79 Å². The number of hydrogen-bond acceptors (Lipinski definition) is 3. The van der Waals surface area contributed by atoms with E-state index in [2.05, 4.69) is 29.3 Å². The Morgan fingerprint density at radius 2 is 2.14 bits per heavy atom. The molecule has 2 fully saturated rings. The van der Waals surface area contributed by atoms with Crippen LogP contribution in [0.2, 0.25) is 0 Å². The van der Waals surface area contributed by atoms with Gasteiger partial charge in [-0.1, -0.05) is 25.3 Å². The standard InChI is InChI=1S/C18H28N2OS/c1-14(19)15-7-5-11-20(13-15)17(21)18(9-3-2-4-10-18)16-8-6-12-22-16/h6,8,12,14-15H,2-5,7,9-11,13,19H2,1H3. The number of nitrogens with zero attached hydrogens (tertiary/aromatic N) is 1. The average molecular weight is 321 g/mol. The first-order valence-corrected chi connectivity index (χ1v) is 9.60. The number of thiophene rings is 1. The number of likely N-dealkylation sites (tertiary alicyclic amines) is 1. The third-order valence-electron chi connectivity index (χ3n) is 5.60. The quantitative estimate of drug-likeness (QED) is 0.926. The lowest BCUT2D eigenvalue weighted by molar-refractivity contribution is -0.140. The highest BCUT2D eigenvalue weighted by Gasteiger charge is 2.45. The van der Waals surface area contributed by atoms with Gasteiger partial charge in [-0.25, -0.2) is 0 Å². The minimum Gasteiger partial charge on any atom is -0.342 e. The lowest BCUT2D eigenvalue weighted by Gasteiger charge is -2.43. The number of carbonyl (C=O) groups excluding carboxylic acids is 1. The Balaban J connectivity index is 1.83. The highest BCUT2D eigenvalue weighted by molar-refractivity contribution is 7.10. The summed E-state index contributed by atoms with van der Waals surface area (Å²) in [5.74, 6) is 0.835. The molecule has 2 unspecified atom stereocenters. The predicted octanol–water partition coefficient (Wildman–Crippen LogP) is 3.54. The Bertz CT molecular complexity index is 491. The van der Waals surface area contributed by atoms with E-state index < -0.39 is 0 Å². The fourth-order valence-corrected chi connectivity index (χ4v) is 5.18. The summed E-state index contributed by atoms with van der Waals surface area (Å²) in [6.07, 6.45) is 7.91. The smallest absolute Gasteiger partial charge is 0.234 e. The molecule has 122 valence electrons. The highest BCUT2D eigenvalue weighted by Crippen LogP contribution is 2.43. The summed E-state index contributed by atoms with van der Waals surface area (Å²) in [7, 11) is 0. The van der Waals surface area contributed by atoms with Crippen molar-refractivity contribution in [3.8, 4) is 0 Å². The third-order valence-corrected chi connectivity index (χ3v) is 6.67. The molecule has 2 N–H and O–H groups in total. The van der Waals surface area contributed by atoms with Crippen molar-refractivity contribution in [2.45, 2.75) is 63.3 Å². The van der Waals surface area contributed by atoms with Crippen LogP contribution in [0.3, 0.4) is 0 Å². The van der Waals surface area contributed by atoms with Crippen molar-refractivity contribution in [3.63, 3.8) is 0 Å². The molecule has 2 aliphatic rings. The minimum absolute atomic E-state index is 0.180. The van der Waals surface area contributed by atoms with Crippen LogP contribution in [0.25, 0.3) is 0 Å². The van der Waals surface area contributed by atoms with Crippen LogP contribution in [0.4, 0.5) is 0 Å². The van der Waals surface area contributed by atoms with Gasteiger partial charge in [0.15, 0.2) is 0 Å². The topological polar surface area (TPSA) is 46.3 Å². The molecule has 0 aromatic carbocycles. The maximum atomic E-state index is 13.4. The number of carbonyl (C=O) groups is 1. The van der Waals surface area contributed by atoms with Gasteiger partial charge in [0.05, 0.1) is 5.41 Å². The Labute approximate surface area is 137 Å². The molecule has 1 saturated carbocycles. The SMILES string of the molecule is CC(N)C1CCCN(C(=O)C2(c3cccs3)CCCCC2)C1. The van der Waals surface area contributed by atoms with Gasteiger partial charge in [-0.15, -0.1) is 11.3 Å². The summed E-state index contributed by atoms with van der Waals surface area (Å²) in [5, 5.41) is 2.11. The summed E-state index contributed by atoms with van der Waals surface area (Å²) in [6, 6.07) is 4.44. The van der Waals surface area contributed by atoms with Crippen molar-refractivity contribution in [1.82, 2.24) is 4.90 Å². The summed E-state index contributed by atoms with van der Waals surface area (Å²) in [4.78, 5) is 16.8. The van der Waals surface area contributed by atoms with Crippen LogP contribution in [0.5, 0.6) is 0 Å². The molecule has 3 nitrogen and oxygen atoms in total. The normalized spacial score (nSPS) is 26.6. The van der Waals surface area contributed by atoms with Gasteiger partial charge in [0.2, 0.25) is 5.91 Å². The molecule has 0 bridgehead atoms. The Morgan fingerprint density at radius 3 is 2.77 bits per heavy atom. The molecule has 1 aliphatic heterocycles. The van der Waals surface area contributed by atoms with Crippen molar-refractivity contribution in [2.24, 2.45) is 11.7 Å². The zero-order valence-corrected chi connectivity index (χ0v) is 14.4. The summed E-state index contributed by atoms with van der Waals surface area (Å²) >= 11 is 1.76. The second-order valence-electron chi connectivity index (χ2n) is 7.13. The maximum Gasteiger partial charge on any atom is 0.234 e. The van der Waals surface area contributed by atoms with Gasteiger partial charge in [-0.05, 0) is 50.0 Å². The van der Waals surface area contributed by atoms with Gasteiger partial charge in [-0.2, -0.15) is 0 Å². The van der Waals surface area contributed by atoms with Gasteiger partial charge in [0.25, 0.3) is 0 Å². The molecule has 1 aliphatic carbocycles. The number of hydrogen-bond donors (Lipinski definition) is 1. The van der Waals surface area contributed by atoms with Crippen LogP contribution in [-0.4, -0.2) is 29.9 Å². The first-order valence-electron chi connectivity index (χ1n) is 8.72. The number of nitrogens with two attached hydrogens (primary N) is 1. The van der Waals surface area contributed by atoms with E-state index in [1.54, 1.807) is 11.3 Å². The lowest BCUT2D eigenvalue weighted by Crippen LogP contribution is -2.52. The van der Waals surface area contributed by atoms with Crippen LogP contribution in [0.1, 0.15) is 56.7 Å². The minimum atomic E-state index is -0.244. The van der Waals surface area contributed by atoms with Crippen molar-refractivity contribution in [3.05, 3.63) is 22.4 Å². The molecule has 22 heavy (non-hydrogen) atoms. The second kappa shape index (κ2) is 6.71. The Kier molecular flexibility index (Phi) is 4.88. The van der Waals surface area contributed by atoms with Crippen LogP contribution in [0.15, 0.2) is 17.5 Å². The van der Waals surface area contributed by atoms with Gasteiger partial charge < -0.3 is 10.6 Å². The zero-order valence-electron chi connectivity index (χ0n) is 13.6. The van der Waals surface area contributed by atoms with Gasteiger partial charge in [0, 0.05) is 24.0 Å². The molecule has 4 heteroatoms. The fourth-order valence-electron chi connectivity index (χ4n) is 4.20. The van der Waals surface area contributed by atoms with E-state index in [0.717, 1.165) is 38.8 Å². The molecule has 1 aromatic rings. The van der Waals surface area contributed by atoms with E-state index in [0.29, 0.717) is 11.8 Å². The first-order chi connectivity index (χ1) is 10.6. The lowest BCUT2D eigenvalue weighted by atomic mass is 9.71. The monoisotopic (exact) mass is 320 g/mol. The summed E-state index contributed by atoms with van der Waals surface area (Å²) in [6.45, 7) is 3.84. The molecule has 0 radical (unpaired) electrons. The largest absolute Gasteiger partial charge is 0.342 e. The van der Waals surface area contributed by atoms with E-state index >= 15 is 0 Å². The first kappa shape index (κ1) is 16.0. The van der Waals surface area contributed by atoms with E-state index in [9.17, 15) is 4.79 Å². The molecule has 2 heterocycles. The van der Waals surface area contributed by atoms with Crippen LogP contribution in [-0.2, 0) is 10.2 Å². The number of piperidine rings is 1. The molecule has 1 amide bonds. The molecule has 2 atom stereocenters. The second-order valence-corrected chi connectivity index (χ2v) is 8.08. The molecular weight excluding hydrogens is 292 g/mol. The van der Waals surface area contributed by atoms with Crippen LogP contribution < -0.4 is 5.73 Å². The maximum absolute atomic E-state index is 13.4. The predicted molar refractivity (Wildman–Crippen MR) is 92.0 cm³/mol. The molecule has 1 aromatic heterocycles. The number of rotatable bonds is 3. The summed E-state index contributed by atoms with van der Waals surface area (Å²) in [5.41, 5.74) is 5.86. The van der Waals surface area contributed by atoms with E-state index in [1.807, 2.05) is 0 Å². The van der Waals surface area contributed by atoms with Gasteiger partial charge in [0.1, 0.15) is 0 Å².